The maximum absolute atomic E-state index is 11.4. The quantitative estimate of drug-likeness (QED) is 0.356. The number of imide groups is 1. The van der Waals surface area contributed by atoms with E-state index < -0.39 is 17.7 Å². The van der Waals surface area contributed by atoms with E-state index in [1.807, 2.05) is 0 Å². The van der Waals surface area contributed by atoms with Gasteiger partial charge in [-0.05, 0) is 0 Å². The smallest absolute Gasteiger partial charge is 0.248 e. The highest BCUT2D eigenvalue weighted by Gasteiger charge is 2.19. The van der Waals surface area contributed by atoms with Crippen LogP contribution in [0.4, 0.5) is 0 Å². The molecule has 0 bridgehead atoms. The highest BCUT2D eigenvalue weighted by Crippen LogP contribution is 1.92. The van der Waals surface area contributed by atoms with E-state index >= 15 is 0 Å². The Labute approximate surface area is 97.7 Å². The number of nitrogens with zero attached hydrogens (tertiary/aromatic N) is 1. The lowest BCUT2D eigenvalue weighted by Crippen LogP contribution is -2.45. The number of hydrogen-bond acceptors (Lipinski definition) is 6. The molecule has 0 aromatic rings. The first-order chi connectivity index (χ1) is 7.56. The summed E-state index contributed by atoms with van der Waals surface area (Å²) in [6.07, 6.45) is 0.421. The average Bonchev–Trinajstić information content (AvgIpc) is 2.31. The molecule has 3 amide bonds. The zero-order valence-electron chi connectivity index (χ0n) is 8.51. The van der Waals surface area contributed by atoms with Crippen LogP contribution >= 0.6 is 12.6 Å². The molecule has 0 aromatic carbocycles. The summed E-state index contributed by atoms with van der Waals surface area (Å²) in [5.74, 6) is -1.97. The van der Waals surface area contributed by atoms with Crippen LogP contribution in [-0.2, 0) is 19.2 Å². The van der Waals surface area contributed by atoms with E-state index in [-0.39, 0.29) is 25.4 Å². The van der Waals surface area contributed by atoms with Gasteiger partial charge in [-0.3, -0.25) is 19.3 Å². The van der Waals surface area contributed by atoms with E-state index in [4.69, 9.17) is 5.73 Å². The van der Waals surface area contributed by atoms with Crippen molar-refractivity contribution in [3.63, 3.8) is 0 Å². The monoisotopic (exact) mass is 247 g/mol. The summed E-state index contributed by atoms with van der Waals surface area (Å²) in [5.41, 5.74) is 5.01. The van der Waals surface area contributed by atoms with Crippen LogP contribution < -0.4 is 11.1 Å². The minimum absolute atomic E-state index is 0.190. The van der Waals surface area contributed by atoms with E-state index in [2.05, 4.69) is 17.9 Å². The maximum atomic E-state index is 11.4. The zero-order valence-corrected chi connectivity index (χ0v) is 9.40. The molecular formula is C8H13N3O4S. The molecule has 0 saturated carbocycles. The largest absolute Gasteiger partial charge is 0.346 e. The Morgan fingerprint density at radius 2 is 1.94 bits per heavy atom. The Balaban J connectivity index is 4.33. The van der Waals surface area contributed by atoms with Crippen LogP contribution in [-0.4, -0.2) is 54.3 Å². The Kier molecular flexibility index (Phi) is 7.14. The van der Waals surface area contributed by atoms with Crippen molar-refractivity contribution < 1.29 is 19.2 Å². The number of carbonyl (C=O) groups is 4. The van der Waals surface area contributed by atoms with Gasteiger partial charge in [0.25, 0.3) is 0 Å². The SMILES string of the molecule is NCC(=O)NCC(=O)N(CC=O)C(=O)CS. The fourth-order valence-electron chi connectivity index (χ4n) is 0.844. The highest BCUT2D eigenvalue weighted by atomic mass is 32.1. The summed E-state index contributed by atoms with van der Waals surface area (Å²) in [4.78, 5) is 44.3. The lowest BCUT2D eigenvalue weighted by atomic mass is 10.4. The minimum Gasteiger partial charge on any atom is -0.346 e. The van der Waals surface area contributed by atoms with E-state index in [1.165, 1.54) is 0 Å². The van der Waals surface area contributed by atoms with Gasteiger partial charge in [0.1, 0.15) is 6.29 Å². The first-order valence-electron chi connectivity index (χ1n) is 4.41. The molecule has 0 aliphatic carbocycles. The molecule has 0 spiro atoms. The molecule has 8 heteroatoms. The van der Waals surface area contributed by atoms with Gasteiger partial charge < -0.3 is 15.8 Å². The molecule has 0 aliphatic heterocycles. The molecule has 0 fully saturated rings. The van der Waals surface area contributed by atoms with E-state index in [1.54, 1.807) is 0 Å². The second kappa shape index (κ2) is 7.83. The molecule has 0 heterocycles. The Bertz CT molecular complexity index is 295. The van der Waals surface area contributed by atoms with Crippen LogP contribution in [0.1, 0.15) is 0 Å². The van der Waals surface area contributed by atoms with Gasteiger partial charge in [-0.2, -0.15) is 12.6 Å². The summed E-state index contributed by atoms with van der Waals surface area (Å²) in [7, 11) is 0. The summed E-state index contributed by atoms with van der Waals surface area (Å²) in [6.45, 7) is -0.971. The molecule has 0 atom stereocenters. The fraction of sp³-hybridized carbons (Fsp3) is 0.500. The number of hydrogen-bond donors (Lipinski definition) is 3. The van der Waals surface area contributed by atoms with Crippen LogP contribution in [0.15, 0.2) is 0 Å². The number of nitrogens with one attached hydrogen (secondary N) is 1. The number of amides is 3. The number of rotatable bonds is 6. The van der Waals surface area contributed by atoms with Crippen LogP contribution in [0.3, 0.4) is 0 Å². The second-order valence-corrected chi connectivity index (χ2v) is 3.02. The predicted octanol–water partition coefficient (Wildman–Crippen LogP) is -2.45. The molecule has 0 unspecified atom stereocenters. The van der Waals surface area contributed by atoms with E-state index in [0.29, 0.717) is 6.29 Å². The van der Waals surface area contributed by atoms with Crippen molar-refractivity contribution in [2.45, 2.75) is 0 Å². The van der Waals surface area contributed by atoms with Gasteiger partial charge in [0.2, 0.25) is 17.7 Å². The van der Waals surface area contributed by atoms with Gasteiger partial charge in [0, 0.05) is 0 Å². The third-order valence-corrected chi connectivity index (χ3v) is 1.89. The summed E-state index contributed by atoms with van der Waals surface area (Å²) in [6, 6.07) is 0. The topological polar surface area (TPSA) is 110 Å². The third kappa shape index (κ3) is 4.89. The molecular weight excluding hydrogens is 234 g/mol. The number of aldehydes is 1. The lowest BCUT2D eigenvalue weighted by Gasteiger charge is -2.17. The van der Waals surface area contributed by atoms with Crippen LogP contribution in [0, 0.1) is 0 Å². The van der Waals surface area contributed by atoms with Crippen molar-refractivity contribution in [2.24, 2.45) is 5.73 Å². The Hall–Kier alpha value is -1.41. The van der Waals surface area contributed by atoms with Crippen molar-refractivity contribution in [3.05, 3.63) is 0 Å². The van der Waals surface area contributed by atoms with Crippen molar-refractivity contribution >= 4 is 36.6 Å². The van der Waals surface area contributed by atoms with Gasteiger partial charge in [0.15, 0.2) is 0 Å². The molecule has 0 saturated heterocycles. The average molecular weight is 247 g/mol. The molecule has 0 aromatic heterocycles. The van der Waals surface area contributed by atoms with E-state index in [0.717, 1.165) is 4.90 Å². The minimum atomic E-state index is -0.673. The zero-order chi connectivity index (χ0) is 12.6. The molecule has 0 radical (unpaired) electrons. The third-order valence-electron chi connectivity index (χ3n) is 1.62. The number of nitrogens with two attached hydrogens (primary N) is 1. The van der Waals surface area contributed by atoms with Gasteiger partial charge in [-0.25, -0.2) is 0 Å². The normalized spacial score (nSPS) is 9.38. The van der Waals surface area contributed by atoms with Gasteiger partial charge in [0.05, 0.1) is 25.4 Å². The van der Waals surface area contributed by atoms with Crippen LogP contribution in [0.2, 0.25) is 0 Å². The molecule has 16 heavy (non-hydrogen) atoms. The maximum Gasteiger partial charge on any atom is 0.248 e. The number of carbonyl (C=O) groups excluding carboxylic acids is 4. The summed E-state index contributed by atoms with van der Waals surface area (Å²) in [5, 5.41) is 2.20. The Morgan fingerprint density at radius 3 is 2.38 bits per heavy atom. The van der Waals surface area contributed by atoms with Crippen molar-refractivity contribution in [3.8, 4) is 0 Å². The fourth-order valence-corrected chi connectivity index (χ4v) is 1.02. The van der Waals surface area contributed by atoms with Crippen LogP contribution in [0.25, 0.3) is 0 Å². The first-order valence-corrected chi connectivity index (χ1v) is 5.04. The first kappa shape index (κ1) is 14.6. The summed E-state index contributed by atoms with van der Waals surface area (Å²) >= 11 is 3.70. The number of thiol groups is 1. The van der Waals surface area contributed by atoms with Crippen molar-refractivity contribution in [2.75, 3.05) is 25.4 Å². The van der Waals surface area contributed by atoms with Crippen molar-refractivity contribution in [1.29, 1.82) is 0 Å². The lowest BCUT2D eigenvalue weighted by molar-refractivity contribution is -0.144. The predicted molar refractivity (Wildman–Crippen MR) is 58.7 cm³/mol. The molecule has 90 valence electrons. The van der Waals surface area contributed by atoms with Gasteiger partial charge in [-0.15, -0.1) is 0 Å². The van der Waals surface area contributed by atoms with Crippen LogP contribution in [0.5, 0.6) is 0 Å². The second-order valence-electron chi connectivity index (χ2n) is 2.70. The van der Waals surface area contributed by atoms with Gasteiger partial charge >= 0.3 is 0 Å². The summed E-state index contributed by atoms with van der Waals surface area (Å²) < 4.78 is 0. The Morgan fingerprint density at radius 1 is 1.31 bits per heavy atom. The molecule has 3 N–H and O–H groups in total. The molecule has 7 nitrogen and oxygen atoms in total. The van der Waals surface area contributed by atoms with Crippen molar-refractivity contribution in [1.82, 2.24) is 10.2 Å². The molecule has 0 rings (SSSR count). The highest BCUT2D eigenvalue weighted by molar-refractivity contribution is 7.81. The van der Waals surface area contributed by atoms with E-state index in [9.17, 15) is 19.2 Å². The standard InChI is InChI=1S/C8H13N3O4S/c9-3-6(13)10-4-7(14)11(1-2-12)8(15)5-16/h2,16H,1,3-5,9H2,(H,10,13). The van der Waals surface area contributed by atoms with Gasteiger partial charge in [-0.1, -0.05) is 0 Å². The molecule has 0 aliphatic rings.